The van der Waals surface area contributed by atoms with Gasteiger partial charge in [0.05, 0.1) is 18.7 Å². The fourth-order valence-electron chi connectivity index (χ4n) is 3.09. The molecule has 5 nitrogen and oxygen atoms in total. The molecule has 1 aliphatic rings. The zero-order valence-corrected chi connectivity index (χ0v) is 13.8. The van der Waals surface area contributed by atoms with E-state index in [1.165, 1.54) is 4.88 Å². The van der Waals surface area contributed by atoms with Crippen LogP contribution in [-0.4, -0.2) is 40.2 Å². The predicted molar refractivity (Wildman–Crippen MR) is 87.7 cm³/mol. The van der Waals surface area contributed by atoms with E-state index in [0.717, 1.165) is 25.2 Å². The van der Waals surface area contributed by atoms with Crippen LogP contribution in [0.1, 0.15) is 23.3 Å². The number of amides is 1. The summed E-state index contributed by atoms with van der Waals surface area (Å²) < 4.78 is 1.80. The Bertz CT molecular complexity index is 622. The van der Waals surface area contributed by atoms with Crippen molar-refractivity contribution in [3.8, 4) is 0 Å². The number of nitrogens with zero attached hydrogens (tertiary/aromatic N) is 3. The molecule has 1 aliphatic heterocycles. The minimum absolute atomic E-state index is 0.00381. The molecule has 0 bridgehead atoms. The lowest BCUT2D eigenvalue weighted by atomic mass is 9.90. The minimum atomic E-state index is 0.00381. The average molecular weight is 318 g/mol. The van der Waals surface area contributed by atoms with Gasteiger partial charge in [0.25, 0.3) is 0 Å². The summed E-state index contributed by atoms with van der Waals surface area (Å²) in [4.78, 5) is 16.2. The molecule has 6 heteroatoms. The molecule has 0 aromatic carbocycles. The van der Waals surface area contributed by atoms with Crippen molar-refractivity contribution in [2.75, 3.05) is 19.6 Å². The van der Waals surface area contributed by atoms with Crippen LogP contribution in [0.25, 0.3) is 0 Å². The summed E-state index contributed by atoms with van der Waals surface area (Å²) in [5.41, 5.74) is 1.15. The molecule has 1 fully saturated rings. The Hall–Kier alpha value is -1.66. The average Bonchev–Trinajstić information content (AvgIpc) is 3.24. The third kappa shape index (κ3) is 3.08. The number of carbonyl (C=O) groups excluding carboxylic acids is 1. The van der Waals surface area contributed by atoms with Crippen LogP contribution in [0.2, 0.25) is 0 Å². The molecule has 0 radical (unpaired) electrons. The number of nitrogens with one attached hydrogen (secondary N) is 1. The lowest BCUT2D eigenvalue weighted by Crippen LogP contribution is -2.38. The molecule has 2 atom stereocenters. The second-order valence-corrected chi connectivity index (χ2v) is 6.78. The van der Waals surface area contributed by atoms with Gasteiger partial charge in [-0.2, -0.15) is 5.10 Å². The topological polar surface area (TPSA) is 50.2 Å². The summed E-state index contributed by atoms with van der Waals surface area (Å²) in [6.45, 7) is 5.10. The molecule has 2 aromatic heterocycles. The molecule has 118 valence electrons. The highest BCUT2D eigenvalue weighted by atomic mass is 32.1. The molecule has 0 aliphatic carbocycles. The Morgan fingerprint density at radius 2 is 2.41 bits per heavy atom. The van der Waals surface area contributed by atoms with Crippen molar-refractivity contribution in [3.63, 3.8) is 0 Å². The van der Waals surface area contributed by atoms with Gasteiger partial charge in [0.2, 0.25) is 5.91 Å². The van der Waals surface area contributed by atoms with Gasteiger partial charge in [0, 0.05) is 43.7 Å². The van der Waals surface area contributed by atoms with E-state index in [9.17, 15) is 4.79 Å². The maximum Gasteiger partial charge on any atom is 0.227 e. The van der Waals surface area contributed by atoms with Crippen molar-refractivity contribution in [1.29, 1.82) is 0 Å². The summed E-state index contributed by atoms with van der Waals surface area (Å²) in [6, 6.07) is 4.12. The quantitative estimate of drug-likeness (QED) is 0.915. The molecule has 1 amide bonds. The molecular formula is C16H22N4OS. The van der Waals surface area contributed by atoms with Gasteiger partial charge >= 0.3 is 0 Å². The van der Waals surface area contributed by atoms with Gasteiger partial charge in [-0.1, -0.05) is 6.07 Å². The van der Waals surface area contributed by atoms with E-state index in [1.54, 1.807) is 16.0 Å². The highest BCUT2D eigenvalue weighted by Gasteiger charge is 2.36. The number of aromatic nitrogens is 2. The summed E-state index contributed by atoms with van der Waals surface area (Å²) >= 11 is 1.70. The van der Waals surface area contributed by atoms with Crippen molar-refractivity contribution >= 4 is 17.2 Å². The second-order valence-electron chi connectivity index (χ2n) is 5.75. The van der Waals surface area contributed by atoms with E-state index in [2.05, 4.69) is 21.9 Å². The van der Waals surface area contributed by atoms with E-state index in [1.807, 2.05) is 37.3 Å². The van der Waals surface area contributed by atoms with Crippen molar-refractivity contribution in [2.45, 2.75) is 19.4 Å². The normalized spacial score (nSPS) is 21.2. The Morgan fingerprint density at radius 3 is 3.05 bits per heavy atom. The third-order valence-corrected chi connectivity index (χ3v) is 5.17. The van der Waals surface area contributed by atoms with Gasteiger partial charge in [-0.3, -0.25) is 9.48 Å². The number of rotatable bonds is 5. The molecule has 3 rings (SSSR count). The SMILES string of the molecule is CCN(Cc1cccs1)C(=O)[C@H]1CNC[C@@H]1c1cnn(C)c1. The standard InChI is InChI=1S/C16H22N4OS/c1-3-20(11-13-5-4-6-22-13)16(21)15-9-17-8-14(15)12-7-18-19(2)10-12/h4-7,10,14-15,17H,3,8-9,11H2,1-2H3/t14-,15+/m1/s1. The maximum atomic E-state index is 13.0. The predicted octanol–water partition coefficient (Wildman–Crippen LogP) is 1.83. The summed E-state index contributed by atoms with van der Waals surface area (Å²) in [5.74, 6) is 0.470. The van der Waals surface area contributed by atoms with Gasteiger partial charge in [-0.05, 0) is 23.9 Å². The van der Waals surface area contributed by atoms with Gasteiger partial charge < -0.3 is 10.2 Å². The first-order chi connectivity index (χ1) is 10.7. The lowest BCUT2D eigenvalue weighted by molar-refractivity contribution is -0.135. The van der Waals surface area contributed by atoms with Crippen LogP contribution in [-0.2, 0) is 18.4 Å². The summed E-state index contributed by atoms with van der Waals surface area (Å²) in [5, 5.41) is 9.67. The van der Waals surface area contributed by atoms with E-state index < -0.39 is 0 Å². The lowest BCUT2D eigenvalue weighted by Gasteiger charge is -2.26. The third-order valence-electron chi connectivity index (χ3n) is 4.30. The van der Waals surface area contributed by atoms with Crippen LogP contribution in [0.4, 0.5) is 0 Å². The number of thiophene rings is 1. The minimum Gasteiger partial charge on any atom is -0.338 e. The Balaban J connectivity index is 1.74. The van der Waals surface area contributed by atoms with Gasteiger partial charge in [0.1, 0.15) is 0 Å². The molecule has 1 N–H and O–H groups in total. The molecule has 0 unspecified atom stereocenters. The zero-order chi connectivity index (χ0) is 15.5. The monoisotopic (exact) mass is 318 g/mol. The van der Waals surface area contributed by atoms with Crippen molar-refractivity contribution in [2.24, 2.45) is 13.0 Å². The first-order valence-corrected chi connectivity index (χ1v) is 8.57. The molecule has 2 aromatic rings. The van der Waals surface area contributed by atoms with Gasteiger partial charge in [0.15, 0.2) is 0 Å². The molecule has 3 heterocycles. The number of carbonyl (C=O) groups is 1. The number of hydrogen-bond acceptors (Lipinski definition) is 4. The first-order valence-electron chi connectivity index (χ1n) is 7.69. The van der Waals surface area contributed by atoms with Crippen LogP contribution in [0.3, 0.4) is 0 Å². The molecule has 1 saturated heterocycles. The molecular weight excluding hydrogens is 296 g/mol. The maximum absolute atomic E-state index is 13.0. The van der Waals surface area contributed by atoms with Crippen LogP contribution in [0.5, 0.6) is 0 Å². The van der Waals surface area contributed by atoms with Gasteiger partial charge in [-0.25, -0.2) is 0 Å². The van der Waals surface area contributed by atoms with Crippen molar-refractivity contribution in [3.05, 3.63) is 40.3 Å². The highest BCUT2D eigenvalue weighted by Crippen LogP contribution is 2.29. The first kappa shape index (κ1) is 15.2. The van der Waals surface area contributed by atoms with E-state index in [-0.39, 0.29) is 17.7 Å². The second kappa shape index (κ2) is 6.62. The Kier molecular flexibility index (Phi) is 4.59. The number of hydrogen-bond donors (Lipinski definition) is 1. The van der Waals surface area contributed by atoms with Crippen molar-refractivity contribution in [1.82, 2.24) is 20.0 Å². The zero-order valence-electron chi connectivity index (χ0n) is 13.0. The summed E-state index contributed by atoms with van der Waals surface area (Å²) in [7, 11) is 1.91. The van der Waals surface area contributed by atoms with E-state index in [4.69, 9.17) is 0 Å². The Morgan fingerprint density at radius 1 is 1.55 bits per heavy atom. The van der Waals surface area contributed by atoms with E-state index >= 15 is 0 Å². The van der Waals surface area contributed by atoms with Crippen LogP contribution in [0, 0.1) is 5.92 Å². The van der Waals surface area contributed by atoms with E-state index in [0.29, 0.717) is 6.54 Å². The van der Waals surface area contributed by atoms with Crippen LogP contribution >= 0.6 is 11.3 Å². The highest BCUT2D eigenvalue weighted by molar-refractivity contribution is 7.09. The molecule has 22 heavy (non-hydrogen) atoms. The van der Waals surface area contributed by atoms with Crippen LogP contribution in [0.15, 0.2) is 29.9 Å². The number of aryl methyl sites for hydroxylation is 1. The van der Waals surface area contributed by atoms with Crippen LogP contribution < -0.4 is 5.32 Å². The fraction of sp³-hybridized carbons (Fsp3) is 0.500. The smallest absolute Gasteiger partial charge is 0.227 e. The Labute approximate surface area is 134 Å². The fourth-order valence-corrected chi connectivity index (χ4v) is 3.81. The van der Waals surface area contributed by atoms with Crippen molar-refractivity contribution < 1.29 is 4.79 Å². The molecule has 0 spiro atoms. The van der Waals surface area contributed by atoms with Gasteiger partial charge in [-0.15, -0.1) is 11.3 Å². The largest absolute Gasteiger partial charge is 0.338 e. The summed E-state index contributed by atoms with van der Waals surface area (Å²) in [6.07, 6.45) is 3.90. The molecule has 0 saturated carbocycles.